The lowest BCUT2D eigenvalue weighted by atomic mass is 9.98. The van der Waals surface area contributed by atoms with Gasteiger partial charge in [0.15, 0.2) is 0 Å². The van der Waals surface area contributed by atoms with Gasteiger partial charge < -0.3 is 0 Å². The smallest absolute Gasteiger partial charge is 0.261 e. The highest BCUT2D eigenvalue weighted by Crippen LogP contribution is 2.58. The van der Waals surface area contributed by atoms with Gasteiger partial charge in [-0.05, 0) is 0 Å². The predicted octanol–water partition coefficient (Wildman–Crippen LogP) is 4.36. The molecule has 0 radical (unpaired) electrons. The fraction of sp³-hybridized carbons (Fsp3) is 0.778. The largest absolute Gasteiger partial charge is 0.459 e. The van der Waals surface area contributed by atoms with Crippen molar-refractivity contribution >= 4 is 12.1 Å². The molecule has 0 aliphatic carbocycles. The topological polar surface area (TPSA) is 43.4 Å². The van der Waals surface area contributed by atoms with Gasteiger partial charge in [0.1, 0.15) is 0 Å². The highest BCUT2D eigenvalue weighted by atomic mass is 19.4. The summed E-state index contributed by atoms with van der Waals surface area (Å²) in [7, 11) is 0. The van der Waals surface area contributed by atoms with E-state index < -0.39 is 53.9 Å². The van der Waals surface area contributed by atoms with Crippen molar-refractivity contribution in [3.63, 3.8) is 0 Å². The number of ether oxygens (including phenoxy) is 1. The van der Waals surface area contributed by atoms with Gasteiger partial charge in [-0.15, -0.1) is 0 Å². The lowest BCUT2D eigenvalue weighted by Crippen LogP contribution is -2.70. The van der Waals surface area contributed by atoms with Crippen LogP contribution < -0.4 is 0 Å². The van der Waals surface area contributed by atoms with Crippen molar-refractivity contribution in [2.24, 2.45) is 0 Å². The molecule has 0 saturated carbocycles. The van der Waals surface area contributed by atoms with Crippen molar-refractivity contribution < 1.29 is 84.6 Å². The minimum Gasteiger partial charge on any atom is -0.261 e. The van der Waals surface area contributed by atoms with Crippen LogP contribution in [0.1, 0.15) is 0 Å². The van der Waals surface area contributed by atoms with Crippen LogP contribution in [0.25, 0.3) is 0 Å². The molecule has 0 aliphatic heterocycles. The number of hydrogen-bond acceptors (Lipinski definition) is 3. The van der Waals surface area contributed by atoms with Crippen LogP contribution in [-0.4, -0.2) is 53.9 Å². The molecule has 0 heterocycles. The molecule has 0 aliphatic rings. The molecule has 0 aromatic carbocycles. The summed E-state index contributed by atoms with van der Waals surface area (Å²) in [5.41, 5.74) is 0. The summed E-state index contributed by atoms with van der Waals surface area (Å²) in [5, 5.41) is 0. The lowest BCUT2D eigenvalue weighted by Gasteiger charge is -2.39. The van der Waals surface area contributed by atoms with Crippen LogP contribution in [0.3, 0.4) is 0 Å². The van der Waals surface area contributed by atoms with Gasteiger partial charge >= 0.3 is 53.9 Å². The number of rotatable bonds is 8. The Hall–Kier alpha value is -1.82. The van der Waals surface area contributed by atoms with E-state index in [0.717, 1.165) is 0 Å². The van der Waals surface area contributed by atoms with Crippen LogP contribution in [0, 0.1) is 0 Å². The Labute approximate surface area is 140 Å². The quantitative estimate of drug-likeness (QED) is 0.400. The lowest BCUT2D eigenvalue weighted by molar-refractivity contribution is -0.481. The molecule has 0 amide bonds. The fourth-order valence-electron chi connectivity index (χ4n) is 1.15. The average Bonchev–Trinajstić information content (AvgIpc) is 2.44. The predicted molar refractivity (Wildman–Crippen MR) is 47.9 cm³/mol. The molecule has 166 valence electrons. The van der Waals surface area contributed by atoms with E-state index in [1.165, 1.54) is 4.74 Å². The Balaban J connectivity index is 6.49. The Kier molecular flexibility index (Phi) is 6.18. The molecule has 0 fully saturated rings. The zero-order chi connectivity index (χ0) is 23.4. The van der Waals surface area contributed by atoms with Gasteiger partial charge in [0.25, 0.3) is 0 Å². The molecule has 0 aromatic rings. The summed E-state index contributed by atoms with van der Waals surface area (Å²) < 4.78 is 202. The monoisotopic (exact) mass is 460 g/mol. The van der Waals surface area contributed by atoms with Crippen LogP contribution in [0.4, 0.5) is 70.2 Å². The van der Waals surface area contributed by atoms with E-state index in [0.29, 0.717) is 0 Å². The normalized spacial score (nSPS) is 17.3. The van der Waals surface area contributed by atoms with Gasteiger partial charge in [0, 0.05) is 0 Å². The first-order valence-corrected chi connectivity index (χ1v) is 5.59. The van der Waals surface area contributed by atoms with Crippen LogP contribution >= 0.6 is 0 Å². The van der Waals surface area contributed by atoms with E-state index in [2.05, 4.69) is 0 Å². The summed E-state index contributed by atoms with van der Waals surface area (Å²) in [5.74, 6) is -39.4. The number of alkyl halides is 14. The summed E-state index contributed by atoms with van der Waals surface area (Å²) in [6.45, 7) is 0. The maximum absolute atomic E-state index is 13.0. The first kappa shape index (κ1) is 26.2. The van der Waals surface area contributed by atoms with Crippen molar-refractivity contribution in [3.8, 4) is 0 Å². The summed E-state index contributed by atoms with van der Waals surface area (Å²) >= 11 is 0. The van der Waals surface area contributed by atoms with Gasteiger partial charge in [-0.2, -0.15) is 70.2 Å². The molecule has 0 spiro atoms. The third-order valence-electron chi connectivity index (χ3n) is 2.68. The highest BCUT2D eigenvalue weighted by molar-refractivity contribution is 5.78. The third-order valence-corrected chi connectivity index (χ3v) is 2.68. The third kappa shape index (κ3) is 3.47. The highest BCUT2D eigenvalue weighted by Gasteiger charge is 2.90. The van der Waals surface area contributed by atoms with Gasteiger partial charge in [-0.25, -0.2) is 0 Å². The van der Waals surface area contributed by atoms with Crippen molar-refractivity contribution in [1.29, 1.82) is 0 Å². The molecular weight excluding hydrogens is 460 g/mol. The first-order valence-electron chi connectivity index (χ1n) is 5.59. The van der Waals surface area contributed by atoms with E-state index >= 15 is 0 Å². The number of carbonyl (C=O) groups is 2. The molecule has 1 atom stereocenters. The van der Waals surface area contributed by atoms with Crippen LogP contribution in [0.2, 0.25) is 0 Å². The van der Waals surface area contributed by atoms with Crippen LogP contribution in [0.5, 0.6) is 0 Å². The van der Waals surface area contributed by atoms with Crippen molar-refractivity contribution in [1.82, 2.24) is 0 Å². The standard InChI is InChI=1S/C9F16O3/c10-1(26)3(12,13)5(15,16)6(17,18)7(19,20)9(24,25)28-4(14,2(11)27)8(21,22)23. The Bertz CT molecular complexity index is 636. The number of halogens is 16. The number of carbonyl (C=O) groups excluding carboxylic acids is 2. The summed E-state index contributed by atoms with van der Waals surface area (Å²) in [4.78, 5) is 19.4. The van der Waals surface area contributed by atoms with Crippen molar-refractivity contribution in [3.05, 3.63) is 0 Å². The van der Waals surface area contributed by atoms with E-state index in [9.17, 15) is 79.8 Å². The Morgan fingerprint density at radius 3 is 1.14 bits per heavy atom. The van der Waals surface area contributed by atoms with Gasteiger partial charge in [-0.3, -0.25) is 14.3 Å². The second-order valence-corrected chi connectivity index (χ2v) is 4.56. The van der Waals surface area contributed by atoms with Gasteiger partial charge in [0.05, 0.1) is 0 Å². The SMILES string of the molecule is O=C(F)C(F)(F)C(F)(F)C(F)(F)C(F)(F)C(F)(F)OC(F)(C(=O)F)C(F)(F)F. The second kappa shape index (κ2) is 6.61. The molecule has 28 heavy (non-hydrogen) atoms. The number of hydrogen-bond donors (Lipinski definition) is 0. The minimum absolute atomic E-state index is 1.33. The molecule has 1 unspecified atom stereocenters. The van der Waals surface area contributed by atoms with Crippen molar-refractivity contribution in [2.75, 3.05) is 0 Å². The van der Waals surface area contributed by atoms with E-state index in [1.54, 1.807) is 0 Å². The molecule has 0 N–H and O–H groups in total. The minimum atomic E-state index is -8.35. The van der Waals surface area contributed by atoms with E-state index in [1.807, 2.05) is 0 Å². The maximum Gasteiger partial charge on any atom is 0.459 e. The average molecular weight is 460 g/mol. The van der Waals surface area contributed by atoms with Crippen molar-refractivity contribution in [2.45, 2.75) is 41.8 Å². The van der Waals surface area contributed by atoms with Gasteiger partial charge in [0.2, 0.25) is 0 Å². The van der Waals surface area contributed by atoms with E-state index in [-0.39, 0.29) is 0 Å². The molecule has 0 aromatic heterocycles. The molecule has 0 saturated heterocycles. The van der Waals surface area contributed by atoms with Crippen LogP contribution in [-0.2, 0) is 14.3 Å². The molecule has 3 nitrogen and oxygen atoms in total. The van der Waals surface area contributed by atoms with Crippen LogP contribution in [0.15, 0.2) is 0 Å². The maximum atomic E-state index is 13.0. The summed E-state index contributed by atoms with van der Waals surface area (Å²) in [6.07, 6.45) is -15.3. The molecular formula is C9F16O3. The molecule has 19 heteroatoms. The summed E-state index contributed by atoms with van der Waals surface area (Å²) in [6, 6.07) is -9.49. The zero-order valence-corrected chi connectivity index (χ0v) is 11.8. The zero-order valence-electron chi connectivity index (χ0n) is 11.8. The fourth-order valence-corrected chi connectivity index (χ4v) is 1.15. The first-order chi connectivity index (χ1) is 11.8. The van der Waals surface area contributed by atoms with Gasteiger partial charge in [-0.1, -0.05) is 0 Å². The molecule has 0 rings (SSSR count). The molecule has 0 bridgehead atoms. The second-order valence-electron chi connectivity index (χ2n) is 4.56. The van der Waals surface area contributed by atoms with E-state index in [4.69, 9.17) is 0 Å². The Morgan fingerprint density at radius 1 is 0.536 bits per heavy atom. The Morgan fingerprint density at radius 2 is 0.893 bits per heavy atom.